The van der Waals surface area contributed by atoms with Gasteiger partial charge in [0.1, 0.15) is 5.70 Å². The number of amides is 2. The summed E-state index contributed by atoms with van der Waals surface area (Å²) in [5, 5.41) is 2.64. The van der Waals surface area contributed by atoms with Crippen LogP contribution in [-0.2, 0) is 9.59 Å². The molecular formula is C25H22BrN3O3. The lowest BCUT2D eigenvalue weighted by Crippen LogP contribution is -2.40. The molecular weight excluding hydrogens is 470 g/mol. The molecule has 0 heterocycles. The molecule has 2 aromatic carbocycles. The second-order valence-electron chi connectivity index (χ2n) is 6.88. The van der Waals surface area contributed by atoms with Crippen LogP contribution in [0.4, 0.5) is 0 Å². The summed E-state index contributed by atoms with van der Waals surface area (Å²) in [6, 6.07) is 18.2. The van der Waals surface area contributed by atoms with E-state index in [1.54, 1.807) is 42.5 Å². The number of carbonyl (C=O) groups is 3. The number of rotatable bonds is 7. The van der Waals surface area contributed by atoms with E-state index in [0.717, 1.165) is 5.56 Å². The average Bonchev–Trinajstić information content (AvgIpc) is 2.81. The van der Waals surface area contributed by atoms with Gasteiger partial charge < -0.3 is 10.7 Å². The number of alkyl halides is 1. The summed E-state index contributed by atoms with van der Waals surface area (Å²) >= 11 is 3.44. The highest BCUT2D eigenvalue weighted by Crippen LogP contribution is 2.19. The molecule has 0 aliphatic heterocycles. The lowest BCUT2D eigenvalue weighted by molar-refractivity contribution is -0.118. The Kier molecular flexibility index (Phi) is 8.34. The molecule has 0 radical (unpaired) electrons. The maximum Gasteiger partial charge on any atom is 0.286 e. The van der Waals surface area contributed by atoms with E-state index in [1.165, 1.54) is 18.4 Å². The fourth-order valence-electron chi connectivity index (χ4n) is 2.84. The van der Waals surface area contributed by atoms with Crippen LogP contribution in [0.3, 0.4) is 0 Å². The van der Waals surface area contributed by atoms with Gasteiger partial charge in [0.15, 0.2) is 5.78 Å². The minimum absolute atomic E-state index is 0.0465. The van der Waals surface area contributed by atoms with E-state index in [4.69, 9.17) is 0 Å². The standard InChI is InChI=1S/C25H22BrN3O3/c26-21-14-15-23(30)20(16-21)17-27-29-25(32)22(13-7-10-18-8-3-1-4-9-18)28-24(31)19-11-5-2-6-12-19/h1-15,17,21,27H,16H2,(H,28,31)(H,29,32)/b10-7+,20-17?,22-13-. The molecule has 0 fully saturated rings. The van der Waals surface area contributed by atoms with Gasteiger partial charge in [0, 0.05) is 22.2 Å². The zero-order chi connectivity index (χ0) is 22.8. The largest absolute Gasteiger partial charge is 0.317 e. The van der Waals surface area contributed by atoms with Gasteiger partial charge in [0.2, 0.25) is 0 Å². The first kappa shape index (κ1) is 23.0. The van der Waals surface area contributed by atoms with Crippen LogP contribution >= 0.6 is 15.9 Å². The van der Waals surface area contributed by atoms with Gasteiger partial charge >= 0.3 is 0 Å². The van der Waals surface area contributed by atoms with Gasteiger partial charge in [-0.1, -0.05) is 82.7 Å². The van der Waals surface area contributed by atoms with Crippen molar-refractivity contribution in [2.45, 2.75) is 11.2 Å². The van der Waals surface area contributed by atoms with Crippen LogP contribution in [0.25, 0.3) is 6.08 Å². The Morgan fingerprint density at radius 3 is 2.41 bits per heavy atom. The van der Waals surface area contributed by atoms with Crippen LogP contribution in [0.2, 0.25) is 0 Å². The summed E-state index contributed by atoms with van der Waals surface area (Å²) in [4.78, 5) is 37.2. The summed E-state index contributed by atoms with van der Waals surface area (Å²) in [6.45, 7) is 0. The van der Waals surface area contributed by atoms with E-state index >= 15 is 0 Å². The molecule has 0 saturated carbocycles. The molecule has 2 aromatic rings. The Morgan fingerprint density at radius 2 is 1.69 bits per heavy atom. The molecule has 7 heteroatoms. The summed E-state index contributed by atoms with van der Waals surface area (Å²) in [5.41, 5.74) is 7.10. The first-order chi connectivity index (χ1) is 15.5. The quantitative estimate of drug-likeness (QED) is 0.238. The van der Waals surface area contributed by atoms with Gasteiger partial charge in [-0.15, -0.1) is 0 Å². The van der Waals surface area contributed by atoms with Crippen molar-refractivity contribution in [2.75, 3.05) is 0 Å². The van der Waals surface area contributed by atoms with Crippen LogP contribution < -0.4 is 16.2 Å². The van der Waals surface area contributed by atoms with E-state index in [9.17, 15) is 14.4 Å². The Bertz CT molecular complexity index is 1090. The zero-order valence-electron chi connectivity index (χ0n) is 17.1. The fourth-order valence-corrected chi connectivity index (χ4v) is 3.34. The van der Waals surface area contributed by atoms with E-state index in [1.807, 2.05) is 36.4 Å². The van der Waals surface area contributed by atoms with Crippen LogP contribution in [0.5, 0.6) is 0 Å². The maximum absolute atomic E-state index is 12.7. The predicted molar refractivity (Wildman–Crippen MR) is 128 cm³/mol. The van der Waals surface area contributed by atoms with Gasteiger partial charge in [0.05, 0.1) is 0 Å². The first-order valence-corrected chi connectivity index (χ1v) is 10.9. The molecule has 0 spiro atoms. The number of allylic oxidation sites excluding steroid dienone is 5. The number of ketones is 1. The highest BCUT2D eigenvalue weighted by atomic mass is 79.9. The Hall–Kier alpha value is -3.71. The van der Waals surface area contributed by atoms with E-state index in [-0.39, 0.29) is 16.3 Å². The number of hydrazine groups is 1. The second kappa shape index (κ2) is 11.6. The van der Waals surface area contributed by atoms with Gasteiger partial charge in [-0.25, -0.2) is 0 Å². The number of carbonyl (C=O) groups excluding carboxylic acids is 3. The molecule has 2 amide bonds. The number of hydrogen-bond acceptors (Lipinski definition) is 4. The van der Waals surface area contributed by atoms with E-state index in [2.05, 4.69) is 32.1 Å². The third-order valence-electron chi connectivity index (χ3n) is 4.50. The van der Waals surface area contributed by atoms with Crippen molar-refractivity contribution in [3.8, 4) is 0 Å². The van der Waals surface area contributed by atoms with Gasteiger partial charge in [-0.2, -0.15) is 0 Å². The number of hydrogen-bond donors (Lipinski definition) is 3. The maximum atomic E-state index is 12.7. The summed E-state index contributed by atoms with van der Waals surface area (Å²) in [5.74, 6) is -1.09. The molecule has 162 valence electrons. The summed E-state index contributed by atoms with van der Waals surface area (Å²) < 4.78 is 0. The fraction of sp³-hybridized carbons (Fsp3) is 0.0800. The lowest BCUT2D eigenvalue weighted by atomic mass is 10.0. The molecule has 0 aromatic heterocycles. The normalized spacial score (nSPS) is 17.4. The monoisotopic (exact) mass is 491 g/mol. The van der Waals surface area contributed by atoms with Crippen LogP contribution in [0.1, 0.15) is 22.3 Å². The smallest absolute Gasteiger partial charge is 0.286 e. The minimum atomic E-state index is -0.557. The molecule has 3 rings (SSSR count). The molecule has 32 heavy (non-hydrogen) atoms. The third-order valence-corrected chi connectivity index (χ3v) is 5.13. The lowest BCUT2D eigenvalue weighted by Gasteiger charge is -2.14. The van der Waals surface area contributed by atoms with Crippen molar-refractivity contribution in [3.05, 3.63) is 114 Å². The first-order valence-electron chi connectivity index (χ1n) is 9.94. The van der Waals surface area contributed by atoms with Crippen molar-refractivity contribution in [1.29, 1.82) is 0 Å². The van der Waals surface area contributed by atoms with E-state index in [0.29, 0.717) is 17.6 Å². The van der Waals surface area contributed by atoms with E-state index < -0.39 is 11.8 Å². The average molecular weight is 492 g/mol. The highest BCUT2D eigenvalue weighted by Gasteiger charge is 2.17. The molecule has 0 saturated heterocycles. The van der Waals surface area contributed by atoms with Gasteiger partial charge in [-0.3, -0.25) is 19.8 Å². The van der Waals surface area contributed by atoms with Crippen molar-refractivity contribution in [3.63, 3.8) is 0 Å². The number of halogens is 1. The highest BCUT2D eigenvalue weighted by molar-refractivity contribution is 9.09. The molecule has 1 atom stereocenters. The predicted octanol–water partition coefficient (Wildman–Crippen LogP) is 3.81. The summed E-state index contributed by atoms with van der Waals surface area (Å²) in [6.07, 6.45) is 10.2. The van der Waals surface area contributed by atoms with Crippen LogP contribution in [0.15, 0.2) is 102 Å². The zero-order valence-corrected chi connectivity index (χ0v) is 18.7. The molecule has 1 aliphatic carbocycles. The van der Waals surface area contributed by atoms with Crippen LogP contribution in [-0.4, -0.2) is 22.4 Å². The second-order valence-corrected chi connectivity index (χ2v) is 8.06. The molecule has 1 unspecified atom stereocenters. The van der Waals surface area contributed by atoms with Crippen LogP contribution in [0, 0.1) is 0 Å². The van der Waals surface area contributed by atoms with Gasteiger partial charge in [-0.05, 0) is 36.3 Å². The summed E-state index contributed by atoms with van der Waals surface area (Å²) in [7, 11) is 0. The number of benzene rings is 2. The third kappa shape index (κ3) is 6.92. The topological polar surface area (TPSA) is 87.3 Å². The molecule has 6 nitrogen and oxygen atoms in total. The molecule has 1 aliphatic rings. The van der Waals surface area contributed by atoms with Crippen molar-refractivity contribution >= 4 is 39.6 Å². The SMILES string of the molecule is O=C1C=CC(Br)CC1=CNNC(=O)/C(=C/C=C/c1ccccc1)NC(=O)c1ccccc1. The molecule has 0 bridgehead atoms. The van der Waals surface area contributed by atoms with Crippen molar-refractivity contribution < 1.29 is 14.4 Å². The minimum Gasteiger partial charge on any atom is -0.317 e. The Morgan fingerprint density at radius 1 is 1.00 bits per heavy atom. The van der Waals surface area contributed by atoms with Gasteiger partial charge in [0.25, 0.3) is 11.8 Å². The van der Waals surface area contributed by atoms with Crippen molar-refractivity contribution in [2.24, 2.45) is 0 Å². The van der Waals surface area contributed by atoms with Crippen molar-refractivity contribution in [1.82, 2.24) is 16.2 Å². The Labute approximate surface area is 194 Å². The molecule has 3 N–H and O–H groups in total. The number of nitrogens with one attached hydrogen (secondary N) is 3. The Balaban J connectivity index is 1.71.